The molecule has 1 saturated heterocycles. The van der Waals surface area contributed by atoms with Crippen molar-refractivity contribution in [2.24, 2.45) is 0 Å². The number of nitrogens with one attached hydrogen (secondary N) is 1. The second-order valence-corrected chi connectivity index (χ2v) is 6.46. The molecule has 1 aromatic heterocycles. The summed E-state index contributed by atoms with van der Waals surface area (Å²) in [5.41, 5.74) is 0.557. The number of ether oxygens (including phenoxy) is 2. The van der Waals surface area contributed by atoms with Crippen LogP contribution in [0.2, 0.25) is 0 Å². The monoisotopic (exact) mass is 379 g/mol. The minimum absolute atomic E-state index is 0.261. The smallest absolute Gasteiger partial charge is 0.336 e. The molecule has 27 heavy (non-hydrogen) atoms. The quantitative estimate of drug-likeness (QED) is 0.518. The van der Waals surface area contributed by atoms with E-state index in [1.165, 1.54) is 19.1 Å². The fourth-order valence-electron chi connectivity index (χ4n) is 3.08. The fraction of sp³-hybridized carbons (Fsp3) is 0.444. The van der Waals surface area contributed by atoms with Crippen molar-refractivity contribution in [3.63, 3.8) is 0 Å². The summed E-state index contributed by atoms with van der Waals surface area (Å²) < 4.78 is 16.4. The standard InChI is InChI=1S/C18H21NO8/c1-8-5-14(22)26-12-6-10(3-4-11(8)12)25-18-15(19-9(2)21)17(24)16(23)13(7-20)27-18/h3-6,13,15-18,20,23-24H,7H2,1-2H3,(H,19,21)/t13?,15-,16-,17+,18-/m0/s1. The maximum Gasteiger partial charge on any atom is 0.336 e. The summed E-state index contributed by atoms with van der Waals surface area (Å²) in [6, 6.07) is 5.12. The third-order valence-electron chi connectivity index (χ3n) is 4.43. The predicted molar refractivity (Wildman–Crippen MR) is 93.2 cm³/mol. The predicted octanol–water partition coefficient (Wildman–Crippen LogP) is -0.576. The lowest BCUT2D eigenvalue weighted by molar-refractivity contribution is -0.244. The Bertz CT molecular complexity index is 895. The first-order chi connectivity index (χ1) is 12.8. The van der Waals surface area contributed by atoms with Crippen LogP contribution in [-0.4, -0.2) is 58.5 Å². The van der Waals surface area contributed by atoms with Gasteiger partial charge in [-0.2, -0.15) is 0 Å². The molecule has 1 aliphatic rings. The molecule has 0 bridgehead atoms. The van der Waals surface area contributed by atoms with Crippen molar-refractivity contribution in [3.05, 3.63) is 40.2 Å². The average Bonchev–Trinajstić information content (AvgIpc) is 2.60. The van der Waals surface area contributed by atoms with Crippen LogP contribution in [0.5, 0.6) is 5.75 Å². The molecule has 0 saturated carbocycles. The van der Waals surface area contributed by atoms with Crippen LogP contribution in [0.1, 0.15) is 12.5 Å². The van der Waals surface area contributed by atoms with Gasteiger partial charge in [0.15, 0.2) is 0 Å². The zero-order valence-electron chi connectivity index (χ0n) is 14.8. The van der Waals surface area contributed by atoms with E-state index in [4.69, 9.17) is 13.9 Å². The van der Waals surface area contributed by atoms with Gasteiger partial charge in [0.05, 0.1) is 6.61 Å². The zero-order valence-corrected chi connectivity index (χ0v) is 14.8. The zero-order chi connectivity index (χ0) is 19.7. The first-order valence-electron chi connectivity index (χ1n) is 8.41. The molecular weight excluding hydrogens is 358 g/mol. The topological polar surface area (TPSA) is 138 Å². The number of carbonyl (C=O) groups is 1. The Kier molecular flexibility index (Phi) is 5.47. The normalized spacial score (nSPS) is 28.1. The summed E-state index contributed by atoms with van der Waals surface area (Å²) in [6.45, 7) is 2.48. The Labute approximate surface area is 154 Å². The van der Waals surface area contributed by atoms with Crippen molar-refractivity contribution in [3.8, 4) is 5.75 Å². The summed E-state index contributed by atoms with van der Waals surface area (Å²) in [4.78, 5) is 23.0. The molecule has 4 N–H and O–H groups in total. The van der Waals surface area contributed by atoms with Crippen molar-refractivity contribution < 1.29 is 34.0 Å². The SMILES string of the molecule is CC(=O)N[C@@H]1[C@@H](Oc2ccc3c(C)cc(=O)oc3c2)OC(CO)[C@H](O)[C@@H]1O. The highest BCUT2D eigenvalue weighted by atomic mass is 16.7. The Balaban J connectivity index is 1.91. The molecule has 9 heteroatoms. The fourth-order valence-corrected chi connectivity index (χ4v) is 3.08. The minimum atomic E-state index is -1.41. The summed E-state index contributed by atoms with van der Waals surface area (Å²) in [6.07, 6.45) is -5.08. The van der Waals surface area contributed by atoms with Crippen LogP contribution >= 0.6 is 0 Å². The van der Waals surface area contributed by atoms with Gasteiger partial charge in [0, 0.05) is 24.4 Å². The van der Waals surface area contributed by atoms with Crippen LogP contribution in [0.4, 0.5) is 0 Å². The number of aliphatic hydroxyl groups excluding tert-OH is 3. The molecule has 2 heterocycles. The molecule has 1 aliphatic heterocycles. The number of benzene rings is 1. The Morgan fingerprint density at radius 3 is 2.67 bits per heavy atom. The van der Waals surface area contributed by atoms with E-state index in [9.17, 15) is 24.9 Å². The Hall–Kier alpha value is -2.46. The molecule has 146 valence electrons. The second kappa shape index (κ2) is 7.65. The largest absolute Gasteiger partial charge is 0.462 e. The molecule has 2 aromatic rings. The highest BCUT2D eigenvalue weighted by Gasteiger charge is 2.46. The molecule has 1 amide bonds. The molecule has 1 unspecified atom stereocenters. The number of hydrogen-bond donors (Lipinski definition) is 4. The second-order valence-electron chi connectivity index (χ2n) is 6.46. The van der Waals surface area contributed by atoms with Crippen molar-refractivity contribution in [2.45, 2.75) is 44.5 Å². The average molecular weight is 379 g/mol. The summed E-state index contributed by atoms with van der Waals surface area (Å²) in [7, 11) is 0. The third kappa shape index (κ3) is 3.96. The van der Waals surface area contributed by atoms with Gasteiger partial charge >= 0.3 is 5.63 Å². The van der Waals surface area contributed by atoms with Gasteiger partial charge in [0.25, 0.3) is 0 Å². The van der Waals surface area contributed by atoms with E-state index in [0.717, 1.165) is 10.9 Å². The van der Waals surface area contributed by atoms with Gasteiger partial charge < -0.3 is 34.5 Å². The van der Waals surface area contributed by atoms with E-state index in [1.807, 2.05) is 0 Å². The maximum atomic E-state index is 11.6. The van der Waals surface area contributed by atoms with Crippen LogP contribution in [0.25, 0.3) is 11.0 Å². The van der Waals surface area contributed by atoms with E-state index >= 15 is 0 Å². The van der Waals surface area contributed by atoms with Crippen LogP contribution in [0.3, 0.4) is 0 Å². The van der Waals surface area contributed by atoms with Crippen molar-refractivity contribution in [1.82, 2.24) is 5.32 Å². The number of aliphatic hydroxyl groups is 3. The van der Waals surface area contributed by atoms with E-state index in [0.29, 0.717) is 5.58 Å². The Morgan fingerprint density at radius 1 is 1.26 bits per heavy atom. The lowest BCUT2D eigenvalue weighted by Crippen LogP contribution is -2.65. The molecule has 1 aromatic carbocycles. The lowest BCUT2D eigenvalue weighted by atomic mass is 9.97. The number of amides is 1. The first-order valence-corrected chi connectivity index (χ1v) is 8.41. The highest BCUT2D eigenvalue weighted by Crippen LogP contribution is 2.27. The number of fused-ring (bicyclic) bond motifs is 1. The van der Waals surface area contributed by atoms with Gasteiger partial charge in [-0.15, -0.1) is 0 Å². The van der Waals surface area contributed by atoms with Crippen molar-refractivity contribution in [2.75, 3.05) is 6.61 Å². The third-order valence-corrected chi connectivity index (χ3v) is 4.43. The van der Waals surface area contributed by atoms with Gasteiger partial charge in [-0.25, -0.2) is 4.79 Å². The highest BCUT2D eigenvalue weighted by molar-refractivity contribution is 5.81. The van der Waals surface area contributed by atoms with Gasteiger partial charge in [0.2, 0.25) is 12.2 Å². The molecule has 3 rings (SSSR count). The van der Waals surface area contributed by atoms with Gasteiger partial charge in [-0.3, -0.25) is 4.79 Å². The van der Waals surface area contributed by atoms with Crippen LogP contribution < -0.4 is 15.7 Å². The molecule has 5 atom stereocenters. The molecule has 0 radical (unpaired) electrons. The van der Waals surface area contributed by atoms with Crippen molar-refractivity contribution in [1.29, 1.82) is 0 Å². The molecule has 1 fully saturated rings. The number of hydrogen-bond acceptors (Lipinski definition) is 8. The maximum absolute atomic E-state index is 11.6. The number of aryl methyl sites for hydroxylation is 1. The van der Waals surface area contributed by atoms with Gasteiger partial charge in [-0.05, 0) is 24.6 Å². The van der Waals surface area contributed by atoms with Crippen LogP contribution in [0, 0.1) is 6.92 Å². The molecular formula is C18H21NO8. The first kappa shape index (κ1) is 19.3. The molecule has 9 nitrogen and oxygen atoms in total. The van der Waals surface area contributed by atoms with E-state index < -0.39 is 48.8 Å². The van der Waals surface area contributed by atoms with Gasteiger partial charge in [-0.1, -0.05) is 0 Å². The molecule has 0 aliphatic carbocycles. The number of rotatable bonds is 4. The summed E-state index contributed by atoms with van der Waals surface area (Å²) in [5, 5.41) is 32.9. The van der Waals surface area contributed by atoms with Crippen LogP contribution in [0.15, 0.2) is 33.5 Å². The molecule has 0 spiro atoms. The van der Waals surface area contributed by atoms with Gasteiger partial charge in [0.1, 0.15) is 35.7 Å². The summed E-state index contributed by atoms with van der Waals surface area (Å²) >= 11 is 0. The van der Waals surface area contributed by atoms with Crippen LogP contribution in [-0.2, 0) is 9.53 Å². The number of carbonyl (C=O) groups excluding carboxylic acids is 1. The minimum Gasteiger partial charge on any atom is -0.462 e. The summed E-state index contributed by atoms with van der Waals surface area (Å²) in [5.74, 6) is -0.192. The van der Waals surface area contributed by atoms with E-state index in [1.54, 1.807) is 19.1 Å². The Morgan fingerprint density at radius 2 is 2.00 bits per heavy atom. The lowest BCUT2D eigenvalue weighted by Gasteiger charge is -2.42. The van der Waals surface area contributed by atoms with Crippen molar-refractivity contribution >= 4 is 16.9 Å². The van der Waals surface area contributed by atoms with E-state index in [-0.39, 0.29) is 5.75 Å². The van der Waals surface area contributed by atoms with E-state index in [2.05, 4.69) is 5.32 Å².